The van der Waals surface area contributed by atoms with Gasteiger partial charge in [-0.05, 0) is 23.8 Å². The third-order valence-electron chi connectivity index (χ3n) is 1.77. The molecule has 1 aromatic heterocycles. The zero-order chi connectivity index (χ0) is 12.2. The van der Waals surface area contributed by atoms with Crippen LogP contribution >= 0.6 is 24.2 Å². The van der Waals surface area contributed by atoms with Crippen LogP contribution in [0, 0.1) is 0 Å². The molecule has 0 aliphatic heterocycles. The smallest absolute Gasteiger partial charge is 0.243 e. The first-order chi connectivity index (χ1) is 7.45. The van der Waals surface area contributed by atoms with Crippen LogP contribution in [0.2, 0.25) is 5.15 Å². The topological polar surface area (TPSA) is 12.9 Å². The van der Waals surface area contributed by atoms with Gasteiger partial charge in [-0.1, -0.05) is 23.8 Å². The van der Waals surface area contributed by atoms with E-state index in [0.717, 1.165) is 6.07 Å². The van der Waals surface area contributed by atoms with Crippen LogP contribution in [0.4, 0.5) is 13.2 Å². The van der Waals surface area contributed by atoms with Gasteiger partial charge < -0.3 is 0 Å². The van der Waals surface area contributed by atoms with Crippen molar-refractivity contribution in [3.8, 4) is 0 Å². The van der Waals surface area contributed by atoms with E-state index in [0.29, 0.717) is 17.7 Å². The second-order valence-corrected chi connectivity index (χ2v) is 3.82. The first kappa shape index (κ1) is 13.4. The first-order valence-corrected chi connectivity index (χ1v) is 5.46. The van der Waals surface area contributed by atoms with Gasteiger partial charge in [0.2, 0.25) is 0 Å². The highest BCUT2D eigenvalue weighted by Crippen LogP contribution is 2.34. The lowest BCUT2D eigenvalue weighted by molar-refractivity contribution is -0.137. The van der Waals surface area contributed by atoms with E-state index >= 15 is 0 Å². The average molecular weight is 268 g/mol. The Morgan fingerprint density at radius 2 is 2.12 bits per heavy atom. The SMILES string of the molecule is FC(F)(F)c1cc(C=CCCS)cnc1Cl. The van der Waals surface area contributed by atoms with Crippen molar-refractivity contribution in [2.45, 2.75) is 12.6 Å². The Labute approximate surface area is 102 Å². The molecule has 0 aliphatic carbocycles. The van der Waals surface area contributed by atoms with Crippen molar-refractivity contribution in [2.75, 3.05) is 5.75 Å². The molecule has 0 aliphatic rings. The maximum atomic E-state index is 12.5. The molecule has 1 rings (SSSR count). The summed E-state index contributed by atoms with van der Waals surface area (Å²) in [5, 5.41) is -0.529. The van der Waals surface area contributed by atoms with Gasteiger partial charge >= 0.3 is 6.18 Å². The summed E-state index contributed by atoms with van der Waals surface area (Å²) in [4.78, 5) is 3.50. The molecule has 0 saturated heterocycles. The van der Waals surface area contributed by atoms with Gasteiger partial charge in [0.25, 0.3) is 0 Å². The van der Waals surface area contributed by atoms with Crippen molar-refractivity contribution in [3.05, 3.63) is 34.6 Å². The molecule has 16 heavy (non-hydrogen) atoms. The third-order valence-corrected chi connectivity index (χ3v) is 2.33. The average Bonchev–Trinajstić information content (AvgIpc) is 2.19. The van der Waals surface area contributed by atoms with E-state index in [2.05, 4.69) is 17.6 Å². The number of pyridine rings is 1. The molecule has 0 amide bonds. The van der Waals surface area contributed by atoms with Crippen LogP contribution in [0.15, 0.2) is 18.3 Å². The van der Waals surface area contributed by atoms with Gasteiger partial charge in [0.1, 0.15) is 5.15 Å². The summed E-state index contributed by atoms with van der Waals surface area (Å²) in [6.07, 6.45) is 0.810. The van der Waals surface area contributed by atoms with Crippen molar-refractivity contribution in [1.82, 2.24) is 4.98 Å². The van der Waals surface area contributed by atoms with Crippen LogP contribution in [-0.2, 0) is 6.18 Å². The largest absolute Gasteiger partial charge is 0.419 e. The zero-order valence-electron chi connectivity index (χ0n) is 8.13. The summed E-state index contributed by atoms with van der Waals surface area (Å²) in [7, 11) is 0. The van der Waals surface area contributed by atoms with Crippen LogP contribution in [-0.4, -0.2) is 10.7 Å². The number of nitrogens with zero attached hydrogens (tertiary/aromatic N) is 1. The number of hydrogen-bond donors (Lipinski definition) is 1. The molecule has 6 heteroatoms. The summed E-state index contributed by atoms with van der Waals surface area (Å²) in [6.45, 7) is 0. The predicted molar refractivity (Wildman–Crippen MR) is 61.8 cm³/mol. The van der Waals surface area contributed by atoms with Gasteiger partial charge in [0, 0.05) is 6.20 Å². The fourth-order valence-electron chi connectivity index (χ4n) is 1.05. The number of hydrogen-bond acceptors (Lipinski definition) is 2. The molecule has 0 saturated carbocycles. The van der Waals surface area contributed by atoms with Gasteiger partial charge in [-0.3, -0.25) is 0 Å². The highest BCUT2D eigenvalue weighted by molar-refractivity contribution is 7.80. The summed E-state index contributed by atoms with van der Waals surface area (Å²) < 4.78 is 37.4. The van der Waals surface area contributed by atoms with Crippen molar-refractivity contribution in [3.63, 3.8) is 0 Å². The minimum atomic E-state index is -4.47. The summed E-state index contributed by atoms with van der Waals surface area (Å²) in [6, 6.07) is 0.977. The van der Waals surface area contributed by atoms with Gasteiger partial charge in [0.15, 0.2) is 0 Å². The minimum absolute atomic E-state index is 0.374. The van der Waals surface area contributed by atoms with Crippen LogP contribution in [0.3, 0.4) is 0 Å². The van der Waals surface area contributed by atoms with Crippen LogP contribution in [0.1, 0.15) is 17.5 Å². The molecular formula is C10H9ClF3NS. The van der Waals surface area contributed by atoms with E-state index in [4.69, 9.17) is 11.6 Å². The molecule has 0 radical (unpaired) electrons. The van der Waals surface area contributed by atoms with Crippen molar-refractivity contribution in [2.24, 2.45) is 0 Å². The molecule has 0 aromatic carbocycles. The molecule has 0 fully saturated rings. The number of halogens is 4. The second kappa shape index (κ2) is 5.59. The highest BCUT2D eigenvalue weighted by Gasteiger charge is 2.33. The molecule has 0 bridgehead atoms. The van der Waals surface area contributed by atoms with Crippen LogP contribution < -0.4 is 0 Å². The van der Waals surface area contributed by atoms with E-state index in [1.165, 1.54) is 6.20 Å². The Kier molecular flexibility index (Phi) is 4.68. The van der Waals surface area contributed by atoms with Crippen LogP contribution in [0.5, 0.6) is 0 Å². The number of alkyl halides is 3. The molecule has 1 nitrogen and oxygen atoms in total. The Bertz CT molecular complexity index is 390. The fourth-order valence-corrected chi connectivity index (χ4v) is 1.41. The van der Waals surface area contributed by atoms with Gasteiger partial charge in [-0.2, -0.15) is 25.8 Å². The number of aromatic nitrogens is 1. The predicted octanol–water partition coefficient (Wildman–Crippen LogP) is 4.09. The molecule has 0 atom stereocenters. The second-order valence-electron chi connectivity index (χ2n) is 3.02. The number of thiol groups is 1. The van der Waals surface area contributed by atoms with E-state index in [1.54, 1.807) is 12.2 Å². The fraction of sp³-hybridized carbons (Fsp3) is 0.300. The van der Waals surface area contributed by atoms with Crippen LogP contribution in [0.25, 0.3) is 6.08 Å². The van der Waals surface area contributed by atoms with Crippen molar-refractivity contribution >= 4 is 30.3 Å². The number of allylic oxidation sites excluding steroid dienone is 1. The Morgan fingerprint density at radius 1 is 1.44 bits per heavy atom. The summed E-state index contributed by atoms with van der Waals surface area (Å²) >= 11 is 9.36. The molecular weight excluding hydrogens is 259 g/mol. The van der Waals surface area contributed by atoms with Gasteiger partial charge in [-0.15, -0.1) is 0 Å². The highest BCUT2D eigenvalue weighted by atomic mass is 35.5. The quantitative estimate of drug-likeness (QED) is 0.643. The van der Waals surface area contributed by atoms with Crippen molar-refractivity contribution in [1.29, 1.82) is 0 Å². The molecule has 0 N–H and O–H groups in total. The molecule has 0 spiro atoms. The zero-order valence-corrected chi connectivity index (χ0v) is 9.78. The van der Waals surface area contributed by atoms with Gasteiger partial charge in [0.05, 0.1) is 5.56 Å². The van der Waals surface area contributed by atoms with E-state index in [1.807, 2.05) is 0 Å². The molecule has 1 aromatic rings. The Hall–Kier alpha value is -0.680. The molecule has 0 unspecified atom stereocenters. The lowest BCUT2D eigenvalue weighted by Gasteiger charge is -2.08. The van der Waals surface area contributed by atoms with E-state index in [-0.39, 0.29) is 0 Å². The monoisotopic (exact) mass is 267 g/mol. The van der Waals surface area contributed by atoms with Crippen molar-refractivity contribution < 1.29 is 13.2 Å². The Balaban J connectivity index is 2.99. The first-order valence-electron chi connectivity index (χ1n) is 4.45. The minimum Gasteiger partial charge on any atom is -0.243 e. The maximum Gasteiger partial charge on any atom is 0.419 e. The third kappa shape index (κ3) is 3.72. The number of rotatable bonds is 3. The Morgan fingerprint density at radius 3 is 2.69 bits per heavy atom. The van der Waals surface area contributed by atoms with E-state index in [9.17, 15) is 13.2 Å². The normalized spacial score (nSPS) is 12.3. The summed E-state index contributed by atoms with van der Waals surface area (Å²) in [5.74, 6) is 0.643. The maximum absolute atomic E-state index is 12.5. The van der Waals surface area contributed by atoms with E-state index < -0.39 is 16.9 Å². The van der Waals surface area contributed by atoms with Gasteiger partial charge in [-0.25, -0.2) is 4.98 Å². The lowest BCUT2D eigenvalue weighted by atomic mass is 10.2. The summed E-state index contributed by atoms with van der Waals surface area (Å²) in [5.41, 5.74) is -0.541. The lowest BCUT2D eigenvalue weighted by Crippen LogP contribution is -2.07. The standard InChI is InChI=1S/C10H9ClF3NS/c11-9-8(10(12,13)14)5-7(6-15-9)3-1-2-4-16/h1,3,5-6,16H,2,4H2. The molecule has 88 valence electrons. The molecule has 1 heterocycles.